The van der Waals surface area contributed by atoms with E-state index in [9.17, 15) is 14.7 Å². The van der Waals surface area contributed by atoms with Gasteiger partial charge in [0.05, 0.1) is 19.0 Å². The van der Waals surface area contributed by atoms with Crippen LogP contribution in [0.25, 0.3) is 11.3 Å². The molecule has 2 aliphatic heterocycles. The van der Waals surface area contributed by atoms with Gasteiger partial charge in [-0.3, -0.25) is 15.0 Å². The number of aliphatic hydroxyl groups is 1. The van der Waals surface area contributed by atoms with Crippen LogP contribution < -0.4 is 15.4 Å². The van der Waals surface area contributed by atoms with Gasteiger partial charge in [-0.1, -0.05) is 30.3 Å². The van der Waals surface area contributed by atoms with Crippen LogP contribution in [0.2, 0.25) is 0 Å². The van der Waals surface area contributed by atoms with E-state index < -0.39 is 23.7 Å². The summed E-state index contributed by atoms with van der Waals surface area (Å²) >= 11 is 0. The van der Waals surface area contributed by atoms with Crippen molar-refractivity contribution in [2.24, 2.45) is 0 Å². The van der Waals surface area contributed by atoms with E-state index in [0.29, 0.717) is 17.9 Å². The fourth-order valence-corrected chi connectivity index (χ4v) is 4.43. The normalized spacial score (nSPS) is 22.5. The molecule has 3 amide bonds. The van der Waals surface area contributed by atoms with Crippen molar-refractivity contribution in [3.05, 3.63) is 71.2 Å². The van der Waals surface area contributed by atoms with Crippen molar-refractivity contribution >= 4 is 11.9 Å². The Bertz CT molecular complexity index is 1210. The molecule has 1 aromatic heterocycles. The molecule has 2 aromatic carbocycles. The second-order valence-corrected chi connectivity index (χ2v) is 8.12. The monoisotopic (exact) mass is 433 g/mol. The fraction of sp³-hybridized carbons (Fsp3) is 0.261. The number of fused-ring (bicyclic) bond motifs is 1. The van der Waals surface area contributed by atoms with Crippen LogP contribution in [-0.2, 0) is 16.9 Å². The van der Waals surface area contributed by atoms with Crippen molar-refractivity contribution in [3.8, 4) is 17.0 Å². The number of rotatable bonds is 5. The van der Waals surface area contributed by atoms with Gasteiger partial charge >= 0.3 is 6.03 Å². The fourth-order valence-electron chi connectivity index (χ4n) is 4.43. The van der Waals surface area contributed by atoms with Crippen molar-refractivity contribution in [1.82, 2.24) is 25.5 Å². The largest absolute Gasteiger partial charge is 0.497 e. The van der Waals surface area contributed by atoms with E-state index in [-0.39, 0.29) is 6.54 Å². The number of hydrogen-bond donors (Lipinski definition) is 4. The number of aryl methyl sites for hydroxylation is 1. The number of imidazole rings is 1. The lowest BCUT2D eigenvalue weighted by atomic mass is 9.88. The standard InChI is InChI=1S/C23H23N5O4/c1-13-24-10-19(25-13)14-3-6-16(7-4-14)23(21(30)26-22(31)27-23)12-28-11-15-5-8-17(32-2)9-18(15)20(28)29/h3-10,20,29H,11-12H2,1-2H3,(H,24,25)(H2,26,27,30,31)/t20?,23-/m1/s1. The highest BCUT2D eigenvalue weighted by Crippen LogP contribution is 2.38. The summed E-state index contributed by atoms with van der Waals surface area (Å²) in [4.78, 5) is 34.3. The number of H-pyrrole nitrogens is 1. The lowest BCUT2D eigenvalue weighted by molar-refractivity contribution is -0.126. The van der Waals surface area contributed by atoms with Crippen molar-refractivity contribution in [3.63, 3.8) is 0 Å². The summed E-state index contributed by atoms with van der Waals surface area (Å²) in [6.07, 6.45) is 0.825. The summed E-state index contributed by atoms with van der Waals surface area (Å²) < 4.78 is 5.27. The molecule has 1 saturated heterocycles. The molecule has 1 unspecified atom stereocenters. The van der Waals surface area contributed by atoms with Gasteiger partial charge in [0.1, 0.15) is 17.8 Å². The SMILES string of the molecule is COc1ccc2c(c1)C(O)N(C[C@]1(c3ccc(-c4cnc(C)[nH]4)cc3)NC(=O)NC1=O)C2. The highest BCUT2D eigenvalue weighted by Gasteiger charge is 2.50. The van der Waals surface area contributed by atoms with Crippen LogP contribution in [0.3, 0.4) is 0 Å². The lowest BCUT2D eigenvalue weighted by Gasteiger charge is -2.33. The summed E-state index contributed by atoms with van der Waals surface area (Å²) in [7, 11) is 1.57. The Kier molecular flexibility index (Phi) is 4.72. The van der Waals surface area contributed by atoms with Gasteiger partial charge in [-0.25, -0.2) is 9.78 Å². The summed E-state index contributed by atoms with van der Waals surface area (Å²) in [6, 6.07) is 12.4. The van der Waals surface area contributed by atoms with Crippen molar-refractivity contribution in [2.75, 3.05) is 13.7 Å². The molecule has 0 radical (unpaired) electrons. The molecule has 3 aromatic rings. The highest BCUT2D eigenvalue weighted by molar-refractivity contribution is 6.07. The molecule has 9 heteroatoms. The lowest BCUT2D eigenvalue weighted by Crippen LogP contribution is -2.52. The molecular formula is C23H23N5O4. The summed E-state index contributed by atoms with van der Waals surface area (Å²) in [5.41, 5.74) is 2.75. The minimum absolute atomic E-state index is 0.102. The number of ether oxygens (including phenoxy) is 1. The van der Waals surface area contributed by atoms with Gasteiger partial charge < -0.3 is 20.1 Å². The van der Waals surface area contributed by atoms with Gasteiger partial charge in [-0.15, -0.1) is 0 Å². The Balaban J connectivity index is 1.47. The number of carbonyl (C=O) groups excluding carboxylic acids is 2. The highest BCUT2D eigenvalue weighted by atomic mass is 16.5. The maximum Gasteiger partial charge on any atom is 0.322 e. The van der Waals surface area contributed by atoms with Gasteiger partial charge in [-0.05, 0) is 35.7 Å². The first-order valence-corrected chi connectivity index (χ1v) is 10.2. The molecule has 0 spiro atoms. The smallest absolute Gasteiger partial charge is 0.322 e. The van der Waals surface area contributed by atoms with E-state index in [1.807, 2.05) is 43.3 Å². The number of imide groups is 1. The Labute approximate surface area is 184 Å². The Morgan fingerprint density at radius 1 is 1.22 bits per heavy atom. The zero-order chi connectivity index (χ0) is 22.5. The Morgan fingerprint density at radius 3 is 2.62 bits per heavy atom. The third-order valence-electron chi connectivity index (χ3n) is 6.12. The molecule has 3 heterocycles. The molecule has 0 bridgehead atoms. The second kappa shape index (κ2) is 7.47. The van der Waals surface area contributed by atoms with Crippen LogP contribution in [0.4, 0.5) is 4.79 Å². The number of aromatic nitrogens is 2. The molecule has 4 N–H and O–H groups in total. The zero-order valence-corrected chi connectivity index (χ0v) is 17.7. The topological polar surface area (TPSA) is 120 Å². The van der Waals surface area contributed by atoms with Crippen molar-refractivity contribution in [1.29, 1.82) is 0 Å². The van der Waals surface area contributed by atoms with Gasteiger partial charge in [0.25, 0.3) is 5.91 Å². The number of amides is 3. The van der Waals surface area contributed by atoms with Gasteiger partial charge in [0.2, 0.25) is 0 Å². The van der Waals surface area contributed by atoms with Crippen LogP contribution in [0.5, 0.6) is 5.75 Å². The molecule has 164 valence electrons. The summed E-state index contributed by atoms with van der Waals surface area (Å²) in [6.45, 7) is 2.42. The minimum atomic E-state index is -1.33. The molecule has 5 rings (SSSR count). The average molecular weight is 433 g/mol. The number of hydrogen-bond acceptors (Lipinski definition) is 6. The van der Waals surface area contributed by atoms with E-state index in [1.165, 1.54) is 0 Å². The predicted molar refractivity (Wildman–Crippen MR) is 115 cm³/mol. The number of carbonyl (C=O) groups is 2. The number of nitrogens with one attached hydrogen (secondary N) is 3. The maximum atomic E-state index is 13.0. The Morgan fingerprint density at radius 2 is 2.00 bits per heavy atom. The number of methoxy groups -OCH3 is 1. The second-order valence-electron chi connectivity index (χ2n) is 8.12. The van der Waals surface area contributed by atoms with E-state index in [1.54, 1.807) is 24.3 Å². The molecule has 2 aliphatic rings. The first kappa shape index (κ1) is 20.2. The maximum absolute atomic E-state index is 13.0. The number of urea groups is 1. The van der Waals surface area contributed by atoms with Gasteiger partial charge in [-0.2, -0.15) is 0 Å². The number of benzene rings is 2. The van der Waals surface area contributed by atoms with Crippen molar-refractivity contribution < 1.29 is 19.4 Å². The summed E-state index contributed by atoms with van der Waals surface area (Å²) in [5.74, 6) is 1.01. The number of aliphatic hydroxyl groups excluding tert-OH is 1. The first-order chi connectivity index (χ1) is 15.4. The van der Waals surface area contributed by atoms with E-state index in [0.717, 1.165) is 28.2 Å². The third kappa shape index (κ3) is 3.22. The van der Waals surface area contributed by atoms with E-state index >= 15 is 0 Å². The van der Waals surface area contributed by atoms with Crippen LogP contribution in [0.15, 0.2) is 48.7 Å². The third-order valence-corrected chi connectivity index (χ3v) is 6.12. The molecular weight excluding hydrogens is 410 g/mol. The van der Waals surface area contributed by atoms with Gasteiger partial charge in [0, 0.05) is 18.7 Å². The predicted octanol–water partition coefficient (Wildman–Crippen LogP) is 1.94. The Hall–Kier alpha value is -3.69. The minimum Gasteiger partial charge on any atom is -0.497 e. The van der Waals surface area contributed by atoms with Crippen LogP contribution in [0.1, 0.15) is 28.7 Å². The van der Waals surface area contributed by atoms with Crippen LogP contribution >= 0.6 is 0 Å². The van der Waals surface area contributed by atoms with Crippen LogP contribution in [0, 0.1) is 6.92 Å². The molecule has 32 heavy (non-hydrogen) atoms. The van der Waals surface area contributed by atoms with E-state index in [4.69, 9.17) is 4.74 Å². The van der Waals surface area contributed by atoms with Gasteiger partial charge in [0.15, 0.2) is 5.54 Å². The van der Waals surface area contributed by atoms with E-state index in [2.05, 4.69) is 20.6 Å². The number of nitrogens with zero attached hydrogens (tertiary/aromatic N) is 2. The molecule has 2 atom stereocenters. The molecule has 9 nitrogen and oxygen atoms in total. The average Bonchev–Trinajstić information content (AvgIpc) is 3.44. The number of aromatic amines is 1. The zero-order valence-electron chi connectivity index (χ0n) is 17.7. The first-order valence-electron chi connectivity index (χ1n) is 10.2. The molecule has 0 aliphatic carbocycles. The molecule has 1 fully saturated rings. The van der Waals surface area contributed by atoms with Crippen LogP contribution in [-0.4, -0.2) is 45.6 Å². The van der Waals surface area contributed by atoms with Crippen molar-refractivity contribution in [2.45, 2.75) is 25.2 Å². The summed E-state index contributed by atoms with van der Waals surface area (Å²) in [5, 5.41) is 16.1. The quantitative estimate of drug-likeness (QED) is 0.457. The molecule has 0 saturated carbocycles.